The van der Waals surface area contributed by atoms with Gasteiger partial charge in [0, 0.05) is 10.6 Å². The van der Waals surface area contributed by atoms with Crippen molar-refractivity contribution in [2.24, 2.45) is 0 Å². The Hall–Kier alpha value is -2.18. The normalized spacial score (nSPS) is 9.74. The Kier molecular flexibility index (Phi) is 4.27. The van der Waals surface area contributed by atoms with E-state index in [1.54, 1.807) is 24.3 Å². The number of benzene rings is 2. The molecule has 2 rings (SSSR count). The van der Waals surface area contributed by atoms with E-state index in [0.29, 0.717) is 28.7 Å². The van der Waals surface area contributed by atoms with Gasteiger partial charge in [0.15, 0.2) is 0 Å². The van der Waals surface area contributed by atoms with Gasteiger partial charge in [-0.25, -0.2) is 0 Å². The molecule has 0 spiro atoms. The van der Waals surface area contributed by atoms with Crippen LogP contribution in [0.5, 0.6) is 11.5 Å². The number of rotatable bonds is 4. The lowest BCUT2D eigenvalue weighted by Gasteiger charge is -2.11. The van der Waals surface area contributed by atoms with Crippen LogP contribution in [0.4, 0.5) is 0 Å². The molecular weight excluding hydrogens is 262 g/mol. The third-order valence-electron chi connectivity index (χ3n) is 2.66. The molecule has 0 fully saturated rings. The summed E-state index contributed by atoms with van der Waals surface area (Å²) in [6, 6.07) is 14.8. The molecule has 4 heteroatoms. The molecule has 0 saturated carbocycles. The fourth-order valence-corrected chi connectivity index (χ4v) is 1.87. The van der Waals surface area contributed by atoms with Gasteiger partial charge in [-0.1, -0.05) is 35.9 Å². The average molecular weight is 274 g/mol. The Bertz CT molecular complexity index is 620. The number of ether oxygens (including phenoxy) is 2. The van der Waals surface area contributed by atoms with Crippen LogP contribution >= 0.6 is 11.6 Å². The molecule has 0 unspecified atom stereocenters. The first kappa shape index (κ1) is 13.3. The van der Waals surface area contributed by atoms with E-state index in [2.05, 4.69) is 6.07 Å². The molecular formula is C15H12ClNO2. The van der Waals surface area contributed by atoms with Crippen LogP contribution in [0.2, 0.25) is 5.02 Å². The lowest BCUT2D eigenvalue weighted by Crippen LogP contribution is -1.99. The fourth-order valence-electron chi connectivity index (χ4n) is 1.68. The van der Waals surface area contributed by atoms with Gasteiger partial charge < -0.3 is 9.47 Å². The summed E-state index contributed by atoms with van der Waals surface area (Å²) in [4.78, 5) is 0. The molecule has 0 saturated heterocycles. The van der Waals surface area contributed by atoms with Gasteiger partial charge in [0.1, 0.15) is 29.7 Å². The summed E-state index contributed by atoms with van der Waals surface area (Å²) >= 11 is 6.05. The molecule has 19 heavy (non-hydrogen) atoms. The summed E-state index contributed by atoms with van der Waals surface area (Å²) in [6.07, 6.45) is 0. The van der Waals surface area contributed by atoms with E-state index < -0.39 is 0 Å². The molecule has 0 heterocycles. The first-order chi connectivity index (χ1) is 9.26. The first-order valence-corrected chi connectivity index (χ1v) is 6.07. The smallest absolute Gasteiger partial charge is 0.141 e. The van der Waals surface area contributed by atoms with Crippen molar-refractivity contribution >= 4 is 11.6 Å². The van der Waals surface area contributed by atoms with E-state index in [1.807, 2.05) is 18.2 Å². The van der Waals surface area contributed by atoms with Crippen LogP contribution in [-0.2, 0) is 6.61 Å². The zero-order valence-electron chi connectivity index (χ0n) is 10.4. The summed E-state index contributed by atoms with van der Waals surface area (Å²) in [7, 11) is 1.52. The molecule has 0 radical (unpaired) electrons. The molecule has 2 aromatic rings. The SMILES string of the molecule is COc1cccc(OCc2ccccc2Cl)c1C#N. The van der Waals surface area contributed by atoms with E-state index in [9.17, 15) is 0 Å². The van der Waals surface area contributed by atoms with Crippen molar-refractivity contribution < 1.29 is 9.47 Å². The van der Waals surface area contributed by atoms with Crippen molar-refractivity contribution in [2.75, 3.05) is 7.11 Å². The van der Waals surface area contributed by atoms with E-state index in [4.69, 9.17) is 26.3 Å². The van der Waals surface area contributed by atoms with Crippen LogP contribution in [0, 0.1) is 11.3 Å². The average Bonchev–Trinajstić information content (AvgIpc) is 2.45. The highest BCUT2D eigenvalue weighted by molar-refractivity contribution is 6.31. The monoisotopic (exact) mass is 273 g/mol. The zero-order chi connectivity index (χ0) is 13.7. The summed E-state index contributed by atoms with van der Waals surface area (Å²) in [5, 5.41) is 9.79. The molecule has 3 nitrogen and oxygen atoms in total. The Morgan fingerprint density at radius 2 is 1.84 bits per heavy atom. The van der Waals surface area contributed by atoms with Crippen LogP contribution < -0.4 is 9.47 Å². The number of hydrogen-bond acceptors (Lipinski definition) is 3. The Morgan fingerprint density at radius 3 is 2.53 bits per heavy atom. The maximum absolute atomic E-state index is 9.15. The highest BCUT2D eigenvalue weighted by Gasteiger charge is 2.10. The zero-order valence-corrected chi connectivity index (χ0v) is 11.1. The third-order valence-corrected chi connectivity index (χ3v) is 3.03. The van der Waals surface area contributed by atoms with Gasteiger partial charge >= 0.3 is 0 Å². The molecule has 2 aromatic carbocycles. The molecule has 0 aliphatic heterocycles. The second kappa shape index (κ2) is 6.12. The van der Waals surface area contributed by atoms with Gasteiger partial charge in [-0.15, -0.1) is 0 Å². The molecule has 0 atom stereocenters. The Balaban J connectivity index is 2.21. The van der Waals surface area contributed by atoms with Gasteiger partial charge in [0.25, 0.3) is 0 Å². The maximum atomic E-state index is 9.15. The molecule has 96 valence electrons. The van der Waals surface area contributed by atoms with Gasteiger partial charge in [0.2, 0.25) is 0 Å². The Labute approximate surface area is 117 Å². The van der Waals surface area contributed by atoms with Crippen molar-refractivity contribution in [3.05, 3.63) is 58.6 Å². The minimum absolute atomic E-state index is 0.307. The highest BCUT2D eigenvalue weighted by atomic mass is 35.5. The topological polar surface area (TPSA) is 42.2 Å². The third kappa shape index (κ3) is 2.98. The van der Waals surface area contributed by atoms with Crippen molar-refractivity contribution in [2.45, 2.75) is 6.61 Å². The lowest BCUT2D eigenvalue weighted by atomic mass is 10.2. The largest absolute Gasteiger partial charge is 0.495 e. The summed E-state index contributed by atoms with van der Waals surface area (Å²) < 4.78 is 10.8. The lowest BCUT2D eigenvalue weighted by molar-refractivity contribution is 0.302. The quantitative estimate of drug-likeness (QED) is 0.851. The van der Waals surface area contributed by atoms with Crippen LogP contribution in [-0.4, -0.2) is 7.11 Å². The molecule has 0 aliphatic rings. The minimum atomic E-state index is 0.307. The van der Waals surface area contributed by atoms with E-state index in [1.165, 1.54) is 7.11 Å². The first-order valence-electron chi connectivity index (χ1n) is 5.69. The van der Waals surface area contributed by atoms with E-state index >= 15 is 0 Å². The summed E-state index contributed by atoms with van der Waals surface area (Å²) in [5.41, 5.74) is 1.26. The van der Waals surface area contributed by atoms with Gasteiger partial charge in [-0.3, -0.25) is 0 Å². The Morgan fingerprint density at radius 1 is 1.11 bits per heavy atom. The minimum Gasteiger partial charge on any atom is -0.495 e. The van der Waals surface area contributed by atoms with Crippen LogP contribution in [0.25, 0.3) is 0 Å². The van der Waals surface area contributed by atoms with Gasteiger partial charge in [-0.05, 0) is 18.2 Å². The fraction of sp³-hybridized carbons (Fsp3) is 0.133. The number of nitriles is 1. The number of hydrogen-bond donors (Lipinski definition) is 0. The van der Waals surface area contributed by atoms with Crippen molar-refractivity contribution in [1.82, 2.24) is 0 Å². The molecule has 0 aliphatic carbocycles. The second-order valence-corrected chi connectivity index (χ2v) is 4.23. The highest BCUT2D eigenvalue weighted by Crippen LogP contribution is 2.28. The molecule has 0 N–H and O–H groups in total. The number of nitrogens with zero attached hydrogens (tertiary/aromatic N) is 1. The van der Waals surface area contributed by atoms with Gasteiger partial charge in [0.05, 0.1) is 7.11 Å². The summed E-state index contributed by atoms with van der Waals surface area (Å²) in [6.45, 7) is 0.307. The maximum Gasteiger partial charge on any atom is 0.141 e. The van der Waals surface area contributed by atoms with Crippen molar-refractivity contribution in [1.29, 1.82) is 5.26 Å². The van der Waals surface area contributed by atoms with Crippen molar-refractivity contribution in [3.63, 3.8) is 0 Å². The van der Waals surface area contributed by atoms with Crippen LogP contribution in [0.1, 0.15) is 11.1 Å². The molecule has 0 bridgehead atoms. The summed E-state index contributed by atoms with van der Waals surface area (Å²) in [5.74, 6) is 0.987. The molecule has 0 amide bonds. The predicted molar refractivity (Wildman–Crippen MR) is 73.5 cm³/mol. The number of methoxy groups -OCH3 is 1. The second-order valence-electron chi connectivity index (χ2n) is 3.83. The standard InChI is InChI=1S/C15H12ClNO2/c1-18-14-7-4-8-15(12(14)9-17)19-10-11-5-2-3-6-13(11)16/h2-8H,10H2,1H3. The van der Waals surface area contributed by atoms with E-state index in [0.717, 1.165) is 5.56 Å². The molecule has 0 aromatic heterocycles. The number of halogens is 1. The van der Waals surface area contributed by atoms with Crippen LogP contribution in [0.15, 0.2) is 42.5 Å². The van der Waals surface area contributed by atoms with E-state index in [-0.39, 0.29) is 0 Å². The van der Waals surface area contributed by atoms with Gasteiger partial charge in [-0.2, -0.15) is 5.26 Å². The van der Waals surface area contributed by atoms with Crippen molar-refractivity contribution in [3.8, 4) is 17.6 Å². The van der Waals surface area contributed by atoms with Crippen LogP contribution in [0.3, 0.4) is 0 Å². The predicted octanol–water partition coefficient (Wildman–Crippen LogP) is 3.80.